The Morgan fingerprint density at radius 1 is 1.27 bits per heavy atom. The Bertz CT molecular complexity index is 134. The maximum atomic E-state index is 4.00. The zero-order valence-corrected chi connectivity index (χ0v) is 7.95. The standard InChI is InChI=1S/C7H18N4/c1-7(2,3)10-6(8-4)11-9-5/h9H,1-5H3,(H2,8,10,11). The summed E-state index contributed by atoms with van der Waals surface area (Å²) < 4.78 is 0. The van der Waals surface area contributed by atoms with Crippen LogP contribution in [0.15, 0.2) is 4.99 Å². The second kappa shape index (κ2) is 4.18. The molecule has 0 atom stereocenters. The molecule has 0 aromatic heterocycles. The molecule has 0 aromatic rings. The van der Waals surface area contributed by atoms with Crippen molar-refractivity contribution < 1.29 is 0 Å². The third-order valence-electron chi connectivity index (χ3n) is 0.960. The van der Waals surface area contributed by atoms with Gasteiger partial charge in [-0.2, -0.15) is 0 Å². The van der Waals surface area contributed by atoms with Crippen LogP contribution in [0.3, 0.4) is 0 Å². The zero-order chi connectivity index (χ0) is 8.91. The van der Waals surface area contributed by atoms with E-state index in [2.05, 4.69) is 41.9 Å². The highest BCUT2D eigenvalue weighted by atomic mass is 15.4. The van der Waals surface area contributed by atoms with Gasteiger partial charge in [0.1, 0.15) is 0 Å². The number of rotatable bonds is 1. The van der Waals surface area contributed by atoms with Crippen LogP contribution in [0.25, 0.3) is 0 Å². The van der Waals surface area contributed by atoms with Gasteiger partial charge < -0.3 is 5.32 Å². The fraction of sp³-hybridized carbons (Fsp3) is 0.857. The van der Waals surface area contributed by atoms with Gasteiger partial charge in [-0.15, -0.1) is 0 Å². The fourth-order valence-corrected chi connectivity index (χ4v) is 0.617. The van der Waals surface area contributed by atoms with Crippen LogP contribution in [-0.2, 0) is 0 Å². The predicted octanol–water partition coefficient (Wildman–Crippen LogP) is 0.0843. The Morgan fingerprint density at radius 3 is 2.09 bits per heavy atom. The summed E-state index contributed by atoms with van der Waals surface area (Å²) in [4.78, 5) is 4.00. The summed E-state index contributed by atoms with van der Waals surface area (Å²) in [6, 6.07) is 0. The van der Waals surface area contributed by atoms with Crippen molar-refractivity contribution in [1.29, 1.82) is 0 Å². The van der Waals surface area contributed by atoms with Crippen LogP contribution in [0, 0.1) is 0 Å². The third kappa shape index (κ3) is 5.66. The third-order valence-corrected chi connectivity index (χ3v) is 0.960. The molecule has 0 unspecified atom stereocenters. The molecule has 0 amide bonds. The topological polar surface area (TPSA) is 48.5 Å². The van der Waals surface area contributed by atoms with Crippen molar-refractivity contribution in [2.75, 3.05) is 14.1 Å². The lowest BCUT2D eigenvalue weighted by molar-refractivity contribution is 0.497. The average Bonchev–Trinajstić information content (AvgIpc) is 1.84. The molecule has 0 heterocycles. The first kappa shape index (κ1) is 10.2. The molecule has 0 aliphatic heterocycles. The van der Waals surface area contributed by atoms with Gasteiger partial charge >= 0.3 is 0 Å². The lowest BCUT2D eigenvalue weighted by atomic mass is 10.1. The maximum absolute atomic E-state index is 4.00. The van der Waals surface area contributed by atoms with Crippen LogP contribution in [-0.4, -0.2) is 25.6 Å². The van der Waals surface area contributed by atoms with Crippen LogP contribution in [0.2, 0.25) is 0 Å². The van der Waals surface area contributed by atoms with Crippen LogP contribution in [0.4, 0.5) is 0 Å². The molecular weight excluding hydrogens is 140 g/mol. The number of hydrogen-bond acceptors (Lipinski definition) is 2. The van der Waals surface area contributed by atoms with Crippen molar-refractivity contribution in [1.82, 2.24) is 16.2 Å². The minimum absolute atomic E-state index is 0.0404. The molecule has 0 fully saturated rings. The number of hydrogen-bond donors (Lipinski definition) is 3. The van der Waals surface area contributed by atoms with Crippen LogP contribution in [0.5, 0.6) is 0 Å². The van der Waals surface area contributed by atoms with Gasteiger partial charge in [-0.3, -0.25) is 10.4 Å². The van der Waals surface area contributed by atoms with E-state index in [-0.39, 0.29) is 5.54 Å². The maximum Gasteiger partial charge on any atom is 0.206 e. The molecule has 0 radical (unpaired) electrons. The highest BCUT2D eigenvalue weighted by Crippen LogP contribution is 1.96. The summed E-state index contributed by atoms with van der Waals surface area (Å²) in [7, 11) is 3.54. The van der Waals surface area contributed by atoms with Crippen molar-refractivity contribution in [2.45, 2.75) is 26.3 Å². The van der Waals surface area contributed by atoms with Crippen molar-refractivity contribution in [2.24, 2.45) is 4.99 Å². The predicted molar refractivity (Wildman–Crippen MR) is 48.4 cm³/mol. The van der Waals surface area contributed by atoms with Crippen molar-refractivity contribution in [3.8, 4) is 0 Å². The van der Waals surface area contributed by atoms with E-state index in [0.717, 1.165) is 5.96 Å². The van der Waals surface area contributed by atoms with Crippen LogP contribution >= 0.6 is 0 Å². The normalized spacial score (nSPS) is 13.0. The first-order valence-electron chi connectivity index (χ1n) is 3.67. The molecule has 0 bridgehead atoms. The van der Waals surface area contributed by atoms with E-state index in [1.807, 2.05) is 0 Å². The highest BCUT2D eigenvalue weighted by molar-refractivity contribution is 5.79. The molecule has 0 saturated carbocycles. The van der Waals surface area contributed by atoms with E-state index < -0.39 is 0 Å². The van der Waals surface area contributed by atoms with Crippen molar-refractivity contribution in [3.63, 3.8) is 0 Å². The summed E-state index contributed by atoms with van der Waals surface area (Å²) in [6.07, 6.45) is 0. The molecule has 3 N–H and O–H groups in total. The van der Waals surface area contributed by atoms with Gasteiger partial charge in [-0.25, -0.2) is 5.43 Å². The van der Waals surface area contributed by atoms with Gasteiger partial charge in [0.2, 0.25) is 5.96 Å². The van der Waals surface area contributed by atoms with Crippen LogP contribution in [0.1, 0.15) is 20.8 Å². The van der Waals surface area contributed by atoms with E-state index in [9.17, 15) is 0 Å². The molecule has 0 aliphatic rings. The number of aliphatic imine (C=N–C) groups is 1. The summed E-state index contributed by atoms with van der Waals surface area (Å²) in [5, 5.41) is 3.18. The minimum Gasteiger partial charge on any atom is -0.351 e. The van der Waals surface area contributed by atoms with Gasteiger partial charge in [-0.05, 0) is 20.8 Å². The van der Waals surface area contributed by atoms with Gasteiger partial charge in [0, 0.05) is 19.6 Å². The molecule has 0 aliphatic carbocycles. The number of guanidine groups is 1. The monoisotopic (exact) mass is 158 g/mol. The zero-order valence-electron chi connectivity index (χ0n) is 7.95. The van der Waals surface area contributed by atoms with E-state index in [1.165, 1.54) is 0 Å². The lowest BCUT2D eigenvalue weighted by Gasteiger charge is -2.23. The summed E-state index contributed by atoms with van der Waals surface area (Å²) in [5.74, 6) is 0.750. The molecule has 66 valence electrons. The fourth-order valence-electron chi connectivity index (χ4n) is 0.617. The molecule has 4 heteroatoms. The molecular formula is C7H18N4. The first-order chi connectivity index (χ1) is 4.99. The Morgan fingerprint density at radius 2 is 1.82 bits per heavy atom. The number of hydrazine groups is 1. The largest absolute Gasteiger partial charge is 0.351 e. The molecule has 0 spiro atoms. The SMILES string of the molecule is CN=C(NNC)NC(C)(C)C. The summed E-state index contributed by atoms with van der Waals surface area (Å²) >= 11 is 0. The number of nitrogens with zero attached hydrogens (tertiary/aromatic N) is 1. The van der Waals surface area contributed by atoms with Gasteiger partial charge in [-0.1, -0.05) is 0 Å². The van der Waals surface area contributed by atoms with E-state index in [0.29, 0.717) is 0 Å². The van der Waals surface area contributed by atoms with Gasteiger partial charge in [0.15, 0.2) is 0 Å². The van der Waals surface area contributed by atoms with E-state index in [1.54, 1.807) is 14.1 Å². The molecule has 0 saturated heterocycles. The Balaban J connectivity index is 3.90. The lowest BCUT2D eigenvalue weighted by Crippen LogP contribution is -2.50. The Labute approximate surface area is 68.4 Å². The summed E-state index contributed by atoms with van der Waals surface area (Å²) in [6.45, 7) is 6.24. The number of nitrogens with one attached hydrogen (secondary N) is 3. The second-order valence-corrected chi connectivity index (χ2v) is 3.32. The van der Waals surface area contributed by atoms with Gasteiger partial charge in [0.25, 0.3) is 0 Å². The highest BCUT2D eigenvalue weighted by Gasteiger charge is 2.10. The molecule has 11 heavy (non-hydrogen) atoms. The van der Waals surface area contributed by atoms with Crippen molar-refractivity contribution >= 4 is 5.96 Å². The average molecular weight is 158 g/mol. The summed E-state index contributed by atoms with van der Waals surface area (Å²) in [5.41, 5.74) is 5.72. The molecule has 0 rings (SSSR count). The van der Waals surface area contributed by atoms with Gasteiger partial charge in [0.05, 0.1) is 0 Å². The van der Waals surface area contributed by atoms with Crippen LogP contribution < -0.4 is 16.2 Å². The molecule has 4 nitrogen and oxygen atoms in total. The Kier molecular flexibility index (Phi) is 3.89. The van der Waals surface area contributed by atoms with E-state index in [4.69, 9.17) is 0 Å². The first-order valence-corrected chi connectivity index (χ1v) is 3.67. The Hall–Kier alpha value is -0.770. The smallest absolute Gasteiger partial charge is 0.206 e. The van der Waals surface area contributed by atoms with Crippen molar-refractivity contribution in [3.05, 3.63) is 0 Å². The quantitative estimate of drug-likeness (QED) is 0.288. The minimum atomic E-state index is 0.0404. The molecule has 0 aromatic carbocycles. The van der Waals surface area contributed by atoms with E-state index >= 15 is 0 Å². The second-order valence-electron chi connectivity index (χ2n) is 3.32.